The predicted octanol–water partition coefficient (Wildman–Crippen LogP) is 3.78. The van der Waals surface area contributed by atoms with Gasteiger partial charge in [0.25, 0.3) is 5.91 Å². The summed E-state index contributed by atoms with van der Waals surface area (Å²) in [6.07, 6.45) is 0. The summed E-state index contributed by atoms with van der Waals surface area (Å²) in [7, 11) is 0. The number of anilines is 1. The Balaban J connectivity index is 1.76. The number of carbonyl (C=O) groups is 2. The quantitative estimate of drug-likeness (QED) is 0.391. The van der Waals surface area contributed by atoms with E-state index in [1.165, 1.54) is 42.5 Å². The van der Waals surface area contributed by atoms with Crippen LogP contribution in [0.2, 0.25) is 0 Å². The van der Waals surface area contributed by atoms with Crippen molar-refractivity contribution in [1.82, 2.24) is 25.5 Å². The van der Waals surface area contributed by atoms with E-state index >= 15 is 4.39 Å². The summed E-state index contributed by atoms with van der Waals surface area (Å²) >= 11 is 0. The highest BCUT2D eigenvalue weighted by Crippen LogP contribution is 2.31. The zero-order chi connectivity index (χ0) is 26.7. The summed E-state index contributed by atoms with van der Waals surface area (Å²) in [5, 5.41) is 24.7. The number of hydrogen-bond acceptors (Lipinski definition) is 7. The molecule has 4 aromatic rings. The highest BCUT2D eigenvalue weighted by atomic mass is 19.1. The first-order valence-corrected chi connectivity index (χ1v) is 11.5. The van der Waals surface area contributed by atoms with E-state index in [1.54, 1.807) is 45.9 Å². The fourth-order valence-corrected chi connectivity index (χ4v) is 3.74. The Morgan fingerprint density at radius 2 is 1.81 bits per heavy atom. The number of benzene rings is 2. The molecule has 2 aromatic carbocycles. The van der Waals surface area contributed by atoms with Gasteiger partial charge in [-0.2, -0.15) is 4.80 Å². The number of aryl methyl sites for hydroxylation is 1. The fourth-order valence-electron chi connectivity index (χ4n) is 3.74. The summed E-state index contributed by atoms with van der Waals surface area (Å²) in [6, 6.07) is 13.7. The van der Waals surface area contributed by atoms with Gasteiger partial charge < -0.3 is 14.8 Å². The lowest BCUT2D eigenvalue weighted by Crippen LogP contribution is -2.50. The minimum absolute atomic E-state index is 0.0185. The molecule has 4 rings (SSSR count). The number of hydrogen-bond donors (Lipinski definition) is 2. The molecule has 0 aliphatic rings. The third-order valence-electron chi connectivity index (χ3n) is 5.28. The second kappa shape index (κ2) is 10.2. The van der Waals surface area contributed by atoms with Crippen molar-refractivity contribution in [3.63, 3.8) is 0 Å². The van der Waals surface area contributed by atoms with Crippen LogP contribution in [0.15, 0.2) is 65.1 Å². The molecule has 0 spiro atoms. The SMILES string of the molecule is Cc1ccc(-c2nnn(CC(=O)N(c3ccccc3F)[C@@H](C(=O)NC(C)(C)C)c3ccc(O)cc3)n2)o1. The zero-order valence-electron chi connectivity index (χ0n) is 20.8. The maximum absolute atomic E-state index is 15.1. The molecule has 1 atom stereocenters. The average molecular weight is 507 g/mol. The number of aromatic hydroxyl groups is 1. The smallest absolute Gasteiger partial charge is 0.251 e. The Hall–Kier alpha value is -4.54. The molecule has 10 nitrogen and oxygen atoms in total. The van der Waals surface area contributed by atoms with Gasteiger partial charge in [-0.15, -0.1) is 10.2 Å². The molecule has 0 aliphatic carbocycles. The largest absolute Gasteiger partial charge is 0.508 e. The highest BCUT2D eigenvalue weighted by molar-refractivity contribution is 6.01. The molecule has 2 amide bonds. The van der Waals surface area contributed by atoms with Gasteiger partial charge >= 0.3 is 0 Å². The molecule has 37 heavy (non-hydrogen) atoms. The van der Waals surface area contributed by atoms with Crippen molar-refractivity contribution in [1.29, 1.82) is 0 Å². The molecule has 11 heteroatoms. The van der Waals surface area contributed by atoms with Crippen LogP contribution in [0.4, 0.5) is 10.1 Å². The Morgan fingerprint density at radius 3 is 2.43 bits per heavy atom. The van der Waals surface area contributed by atoms with Gasteiger partial charge in [-0.3, -0.25) is 14.5 Å². The first kappa shape index (κ1) is 25.5. The number of rotatable bonds is 7. The predicted molar refractivity (Wildman–Crippen MR) is 133 cm³/mol. The first-order valence-electron chi connectivity index (χ1n) is 11.5. The van der Waals surface area contributed by atoms with Crippen molar-refractivity contribution in [3.05, 3.63) is 77.8 Å². The fraction of sp³-hybridized carbons (Fsp3) is 0.269. The number of tetrazole rings is 1. The highest BCUT2D eigenvalue weighted by Gasteiger charge is 2.36. The summed E-state index contributed by atoms with van der Waals surface area (Å²) in [4.78, 5) is 29.4. The second-order valence-electron chi connectivity index (χ2n) is 9.50. The van der Waals surface area contributed by atoms with E-state index in [1.807, 2.05) is 0 Å². The molecule has 0 saturated carbocycles. The van der Waals surface area contributed by atoms with Gasteiger partial charge in [0.2, 0.25) is 11.7 Å². The van der Waals surface area contributed by atoms with Crippen LogP contribution in [0.25, 0.3) is 11.6 Å². The molecule has 2 N–H and O–H groups in total. The normalized spacial score (nSPS) is 12.2. The molecule has 0 radical (unpaired) electrons. The van der Waals surface area contributed by atoms with Crippen LogP contribution in [-0.4, -0.2) is 42.7 Å². The molecule has 0 unspecified atom stereocenters. The summed E-state index contributed by atoms with van der Waals surface area (Å²) < 4.78 is 20.6. The van der Waals surface area contributed by atoms with Gasteiger partial charge in [-0.25, -0.2) is 4.39 Å². The lowest BCUT2D eigenvalue weighted by Gasteiger charge is -2.33. The maximum atomic E-state index is 15.1. The van der Waals surface area contributed by atoms with E-state index in [-0.39, 0.29) is 17.3 Å². The number of amides is 2. The molecule has 2 heterocycles. The van der Waals surface area contributed by atoms with Gasteiger partial charge in [0.05, 0.1) is 5.69 Å². The Kier molecular flexibility index (Phi) is 7.05. The van der Waals surface area contributed by atoms with Crippen molar-refractivity contribution in [3.8, 4) is 17.3 Å². The third kappa shape index (κ3) is 6.00. The molecular weight excluding hydrogens is 479 g/mol. The molecule has 192 valence electrons. The van der Waals surface area contributed by atoms with Crippen molar-refractivity contribution >= 4 is 17.5 Å². The van der Waals surface area contributed by atoms with Crippen LogP contribution in [-0.2, 0) is 16.1 Å². The number of aromatic nitrogens is 4. The molecule has 0 aliphatic heterocycles. The number of nitrogens with zero attached hydrogens (tertiary/aromatic N) is 5. The van der Waals surface area contributed by atoms with E-state index in [0.29, 0.717) is 17.1 Å². The van der Waals surface area contributed by atoms with Gasteiger partial charge in [-0.1, -0.05) is 24.3 Å². The van der Waals surface area contributed by atoms with E-state index in [9.17, 15) is 14.7 Å². The van der Waals surface area contributed by atoms with Crippen LogP contribution < -0.4 is 10.2 Å². The standard InChI is InChI=1S/C26H27FN6O4/c1-16-9-14-21(37-16)24-29-31-32(30-24)15-22(35)33(20-8-6-5-7-19(20)27)23(25(36)28-26(2,3)4)17-10-12-18(34)13-11-17/h5-14,23,34H,15H2,1-4H3,(H,28,36)/t23-/m1/s1. The molecular formula is C26H27FN6O4. The van der Waals surface area contributed by atoms with Gasteiger partial charge in [0, 0.05) is 5.54 Å². The minimum atomic E-state index is -1.26. The Bertz CT molecular complexity index is 1410. The van der Waals surface area contributed by atoms with Crippen molar-refractivity contribution in [2.24, 2.45) is 0 Å². The first-order chi connectivity index (χ1) is 17.5. The van der Waals surface area contributed by atoms with Crippen LogP contribution in [0.1, 0.15) is 38.1 Å². The van der Waals surface area contributed by atoms with Gasteiger partial charge in [0.1, 0.15) is 29.9 Å². The lowest BCUT2D eigenvalue weighted by atomic mass is 10.0. The number of furan rings is 1. The van der Waals surface area contributed by atoms with Crippen LogP contribution in [0.5, 0.6) is 5.75 Å². The average Bonchev–Trinajstić information content (AvgIpc) is 3.46. The van der Waals surface area contributed by atoms with Crippen molar-refractivity contribution in [2.45, 2.75) is 45.8 Å². The minimum Gasteiger partial charge on any atom is -0.508 e. The monoisotopic (exact) mass is 506 g/mol. The Labute approximate surface area is 212 Å². The number of para-hydroxylation sites is 1. The van der Waals surface area contributed by atoms with E-state index in [0.717, 1.165) is 9.70 Å². The summed E-state index contributed by atoms with van der Waals surface area (Å²) in [6.45, 7) is 6.73. The molecule has 2 aromatic heterocycles. The Morgan fingerprint density at radius 1 is 1.11 bits per heavy atom. The van der Waals surface area contributed by atoms with Crippen LogP contribution in [0, 0.1) is 12.7 Å². The van der Waals surface area contributed by atoms with Crippen LogP contribution in [0.3, 0.4) is 0 Å². The number of carbonyl (C=O) groups excluding carboxylic acids is 2. The summed E-state index contributed by atoms with van der Waals surface area (Å²) in [5.74, 6) is -0.682. The van der Waals surface area contributed by atoms with Crippen molar-refractivity contribution in [2.75, 3.05) is 4.90 Å². The van der Waals surface area contributed by atoms with Crippen LogP contribution >= 0.6 is 0 Å². The zero-order valence-corrected chi connectivity index (χ0v) is 20.8. The van der Waals surface area contributed by atoms with E-state index in [2.05, 4.69) is 20.7 Å². The molecule has 0 saturated heterocycles. The topological polar surface area (TPSA) is 126 Å². The number of phenolic OH excluding ortho intramolecular Hbond substituents is 1. The molecule has 0 bridgehead atoms. The van der Waals surface area contributed by atoms with Crippen molar-refractivity contribution < 1.29 is 23.5 Å². The van der Waals surface area contributed by atoms with Gasteiger partial charge in [-0.05, 0) is 74.9 Å². The third-order valence-corrected chi connectivity index (χ3v) is 5.28. The number of phenols is 1. The van der Waals surface area contributed by atoms with E-state index in [4.69, 9.17) is 4.42 Å². The second-order valence-corrected chi connectivity index (χ2v) is 9.50. The molecule has 0 fully saturated rings. The summed E-state index contributed by atoms with van der Waals surface area (Å²) in [5.41, 5.74) is -0.370. The number of nitrogens with one attached hydrogen (secondary N) is 1. The van der Waals surface area contributed by atoms with E-state index < -0.39 is 35.8 Å². The lowest BCUT2D eigenvalue weighted by molar-refractivity contribution is -0.128. The number of halogens is 1. The maximum Gasteiger partial charge on any atom is 0.251 e. The van der Waals surface area contributed by atoms with Gasteiger partial charge in [0.15, 0.2) is 5.76 Å².